The molecule has 2 fully saturated rings. The molecule has 1 aromatic heterocycles. The van der Waals surface area contributed by atoms with Crippen LogP contribution in [-0.4, -0.2) is 42.9 Å². The minimum absolute atomic E-state index is 0.0429. The van der Waals surface area contributed by atoms with Crippen molar-refractivity contribution in [3.8, 4) is 0 Å². The van der Waals surface area contributed by atoms with Crippen LogP contribution in [0.2, 0.25) is 0 Å². The van der Waals surface area contributed by atoms with Crippen molar-refractivity contribution in [2.45, 2.75) is 43.5 Å². The van der Waals surface area contributed by atoms with E-state index in [0.717, 1.165) is 18.4 Å². The minimum atomic E-state index is -3.82. The van der Waals surface area contributed by atoms with Crippen LogP contribution in [0.15, 0.2) is 39.8 Å². The van der Waals surface area contributed by atoms with Gasteiger partial charge in [-0.05, 0) is 44.2 Å². The lowest BCUT2D eigenvalue weighted by Crippen LogP contribution is -2.46. The number of sulfonamides is 1. The van der Waals surface area contributed by atoms with E-state index >= 15 is 0 Å². The summed E-state index contributed by atoms with van der Waals surface area (Å²) in [5, 5.41) is 6.87. The summed E-state index contributed by atoms with van der Waals surface area (Å²) in [7, 11) is -3.82. The zero-order chi connectivity index (χ0) is 20.4. The highest BCUT2D eigenvalue weighted by Crippen LogP contribution is 2.30. The van der Waals surface area contributed by atoms with Crippen LogP contribution in [0.25, 0.3) is 12.2 Å². The largest absolute Gasteiger partial charge is 0.355 e. The summed E-state index contributed by atoms with van der Waals surface area (Å²) in [4.78, 5) is 12.5. The van der Waals surface area contributed by atoms with Gasteiger partial charge in [0.15, 0.2) is 10.7 Å². The zero-order valence-corrected chi connectivity index (χ0v) is 17.2. The molecule has 1 aliphatic carbocycles. The second-order valence-electron chi connectivity index (χ2n) is 7.69. The van der Waals surface area contributed by atoms with E-state index in [2.05, 4.69) is 10.5 Å². The zero-order valence-electron chi connectivity index (χ0n) is 16.4. The molecule has 0 unspecified atom stereocenters. The van der Waals surface area contributed by atoms with Gasteiger partial charge in [0.05, 0.1) is 5.92 Å². The number of piperidine rings is 1. The third kappa shape index (κ3) is 4.43. The number of carbonyl (C=O) groups excluding carboxylic acids is 1. The number of hydrogen-bond donors (Lipinski definition) is 1. The maximum atomic E-state index is 13.4. The van der Waals surface area contributed by atoms with E-state index in [1.165, 1.54) is 4.31 Å². The summed E-state index contributed by atoms with van der Waals surface area (Å²) in [6.45, 7) is 2.20. The molecule has 154 valence electrons. The number of nitrogens with one attached hydrogen (secondary N) is 1. The van der Waals surface area contributed by atoms with Gasteiger partial charge in [0.25, 0.3) is 0 Å². The van der Waals surface area contributed by atoms with Crippen molar-refractivity contribution in [2.24, 2.45) is 5.92 Å². The maximum Gasteiger partial charge on any atom is 0.248 e. The average molecular weight is 416 g/mol. The van der Waals surface area contributed by atoms with Crippen molar-refractivity contribution in [2.75, 3.05) is 13.1 Å². The summed E-state index contributed by atoms with van der Waals surface area (Å²) >= 11 is 0. The lowest BCUT2D eigenvalue weighted by atomic mass is 9.99. The van der Waals surface area contributed by atoms with Crippen LogP contribution in [0.4, 0.5) is 0 Å². The van der Waals surface area contributed by atoms with E-state index in [4.69, 9.17) is 4.52 Å². The Hall–Kier alpha value is -2.45. The summed E-state index contributed by atoms with van der Waals surface area (Å²) in [6, 6.07) is 9.83. The topological polar surface area (TPSA) is 92.5 Å². The molecule has 2 heterocycles. The van der Waals surface area contributed by atoms with Gasteiger partial charge in [-0.15, -0.1) is 0 Å². The Kier molecular flexibility index (Phi) is 5.56. The van der Waals surface area contributed by atoms with Crippen molar-refractivity contribution in [3.05, 3.63) is 47.3 Å². The molecule has 2 aliphatic rings. The number of hydrogen-bond acceptors (Lipinski definition) is 5. The summed E-state index contributed by atoms with van der Waals surface area (Å²) in [5.41, 5.74) is 1.25. The molecule has 1 atom stereocenters. The molecule has 7 nitrogen and oxygen atoms in total. The summed E-state index contributed by atoms with van der Waals surface area (Å²) < 4.78 is 33.4. The molecular formula is C21H25N3O4S. The fourth-order valence-corrected chi connectivity index (χ4v) is 5.36. The quantitative estimate of drug-likeness (QED) is 0.783. The van der Waals surface area contributed by atoms with Gasteiger partial charge in [0.2, 0.25) is 15.9 Å². The van der Waals surface area contributed by atoms with Gasteiger partial charge in [0, 0.05) is 19.1 Å². The smallest absolute Gasteiger partial charge is 0.248 e. The van der Waals surface area contributed by atoms with Crippen LogP contribution in [0.5, 0.6) is 0 Å². The van der Waals surface area contributed by atoms with Crippen molar-refractivity contribution >= 4 is 28.1 Å². The van der Waals surface area contributed by atoms with Gasteiger partial charge >= 0.3 is 0 Å². The molecule has 4 rings (SSSR count). The van der Waals surface area contributed by atoms with E-state index in [0.29, 0.717) is 25.1 Å². The van der Waals surface area contributed by atoms with Crippen molar-refractivity contribution in [1.82, 2.24) is 14.8 Å². The van der Waals surface area contributed by atoms with Crippen molar-refractivity contribution in [1.29, 1.82) is 0 Å². The molecule has 1 amide bonds. The van der Waals surface area contributed by atoms with E-state index in [1.807, 2.05) is 30.3 Å². The fraction of sp³-hybridized carbons (Fsp3) is 0.429. The number of amides is 1. The van der Waals surface area contributed by atoms with Crippen LogP contribution >= 0.6 is 0 Å². The summed E-state index contributed by atoms with van der Waals surface area (Å²) in [5.74, 6) is -0.155. The van der Waals surface area contributed by atoms with E-state index in [-0.39, 0.29) is 35.1 Å². The predicted molar refractivity (Wildman–Crippen MR) is 109 cm³/mol. The summed E-state index contributed by atoms with van der Waals surface area (Å²) in [6.07, 6.45) is 6.80. The SMILES string of the molecule is Cc1noc(/C=C/c2ccccc2)c1S(=O)(=O)N1CCC[C@H](C(=O)NC2CC2)C1. The van der Waals surface area contributed by atoms with Gasteiger partial charge in [-0.3, -0.25) is 4.79 Å². The molecular weight excluding hydrogens is 390 g/mol. The maximum absolute atomic E-state index is 13.4. The van der Waals surface area contributed by atoms with E-state index in [1.54, 1.807) is 19.1 Å². The Labute approximate surface area is 170 Å². The highest BCUT2D eigenvalue weighted by atomic mass is 32.2. The first-order chi connectivity index (χ1) is 13.9. The van der Waals surface area contributed by atoms with E-state index < -0.39 is 10.0 Å². The third-order valence-electron chi connectivity index (χ3n) is 5.34. The molecule has 1 saturated carbocycles. The Bertz CT molecular complexity index is 1010. The minimum Gasteiger partial charge on any atom is -0.355 e. The van der Waals surface area contributed by atoms with Gasteiger partial charge in [-0.1, -0.05) is 41.6 Å². The highest BCUT2D eigenvalue weighted by molar-refractivity contribution is 7.89. The van der Waals surface area contributed by atoms with Crippen LogP contribution < -0.4 is 5.32 Å². The molecule has 0 radical (unpaired) electrons. The molecule has 1 aliphatic heterocycles. The first kappa shape index (κ1) is 19.8. The average Bonchev–Trinajstić information content (AvgIpc) is 3.46. The Morgan fingerprint density at radius 1 is 1.21 bits per heavy atom. The van der Waals surface area contributed by atoms with Crippen LogP contribution in [0.3, 0.4) is 0 Å². The number of benzene rings is 1. The second kappa shape index (κ2) is 8.12. The fourth-order valence-electron chi connectivity index (χ4n) is 3.59. The lowest BCUT2D eigenvalue weighted by Gasteiger charge is -2.31. The number of carbonyl (C=O) groups is 1. The van der Waals surface area contributed by atoms with E-state index in [9.17, 15) is 13.2 Å². The van der Waals surface area contributed by atoms with Gasteiger partial charge in [-0.2, -0.15) is 4.31 Å². The first-order valence-corrected chi connectivity index (χ1v) is 11.4. The van der Waals surface area contributed by atoms with Gasteiger partial charge < -0.3 is 9.84 Å². The predicted octanol–water partition coefficient (Wildman–Crippen LogP) is 2.83. The Balaban J connectivity index is 1.56. The number of aryl methyl sites for hydroxylation is 1. The standard InChI is InChI=1S/C21H25N3O4S/c1-15-20(19(28-23-15)12-9-16-6-3-2-4-7-16)29(26,27)24-13-5-8-17(14-24)21(25)22-18-10-11-18/h2-4,6-7,9,12,17-18H,5,8,10-11,13-14H2,1H3,(H,22,25)/b12-9+/t17-/m0/s1. The molecule has 8 heteroatoms. The van der Waals surface area contributed by atoms with Crippen LogP contribution in [-0.2, 0) is 14.8 Å². The number of nitrogens with zero attached hydrogens (tertiary/aromatic N) is 2. The molecule has 1 aromatic carbocycles. The Morgan fingerprint density at radius 2 is 1.97 bits per heavy atom. The number of aromatic nitrogens is 1. The molecule has 2 aromatic rings. The molecule has 29 heavy (non-hydrogen) atoms. The lowest BCUT2D eigenvalue weighted by molar-refractivity contribution is -0.126. The van der Waals surface area contributed by atoms with Crippen LogP contribution in [0, 0.1) is 12.8 Å². The van der Waals surface area contributed by atoms with Crippen LogP contribution in [0.1, 0.15) is 42.7 Å². The molecule has 0 spiro atoms. The Morgan fingerprint density at radius 3 is 2.69 bits per heavy atom. The normalized spacial score (nSPS) is 20.8. The van der Waals surface area contributed by atoms with Gasteiger partial charge in [-0.25, -0.2) is 8.42 Å². The van der Waals surface area contributed by atoms with Crippen molar-refractivity contribution < 1.29 is 17.7 Å². The monoisotopic (exact) mass is 415 g/mol. The van der Waals surface area contributed by atoms with Gasteiger partial charge in [0.1, 0.15) is 5.69 Å². The second-order valence-corrected chi connectivity index (χ2v) is 9.57. The molecule has 0 bridgehead atoms. The molecule has 1 N–H and O–H groups in total. The van der Waals surface area contributed by atoms with Crippen molar-refractivity contribution in [3.63, 3.8) is 0 Å². The number of rotatable bonds is 6. The highest BCUT2D eigenvalue weighted by Gasteiger charge is 2.37. The molecule has 1 saturated heterocycles. The third-order valence-corrected chi connectivity index (χ3v) is 7.36. The first-order valence-electron chi connectivity index (χ1n) is 9.95.